The van der Waals surface area contributed by atoms with E-state index in [1.165, 1.54) is 19.1 Å². The summed E-state index contributed by atoms with van der Waals surface area (Å²) in [6.45, 7) is 9.24. The second-order valence-corrected chi connectivity index (χ2v) is 6.52. The van der Waals surface area contributed by atoms with Crippen molar-refractivity contribution in [2.24, 2.45) is 0 Å². The van der Waals surface area contributed by atoms with Crippen molar-refractivity contribution in [2.75, 3.05) is 6.61 Å². The molecule has 1 unspecified atom stereocenters. The van der Waals surface area contributed by atoms with E-state index in [1.807, 2.05) is 27.7 Å². The molecule has 5 heteroatoms. The first kappa shape index (κ1) is 18.8. The van der Waals surface area contributed by atoms with Crippen molar-refractivity contribution in [1.82, 2.24) is 0 Å². The minimum Gasteiger partial charge on any atom is -0.493 e. The van der Waals surface area contributed by atoms with E-state index in [2.05, 4.69) is 0 Å². The quantitative estimate of drug-likeness (QED) is 0.834. The standard InChI is InChI=1S/C17H25F3O2/c1-6-10-22-14-9-8-12(15(3,4)5)11-13(14)16(21,7-2)17(18,19)20/h8-9,11,21H,6-7,10H2,1-5H3. The van der Waals surface area contributed by atoms with Crippen LogP contribution in [0.4, 0.5) is 13.2 Å². The van der Waals surface area contributed by atoms with Crippen molar-refractivity contribution >= 4 is 0 Å². The third kappa shape index (κ3) is 3.75. The second kappa shape index (κ2) is 6.49. The van der Waals surface area contributed by atoms with Crippen molar-refractivity contribution in [3.05, 3.63) is 29.3 Å². The van der Waals surface area contributed by atoms with Crippen LogP contribution in [0.5, 0.6) is 5.75 Å². The highest BCUT2D eigenvalue weighted by Gasteiger charge is 2.55. The molecule has 0 radical (unpaired) electrons. The van der Waals surface area contributed by atoms with Crippen LogP contribution < -0.4 is 4.74 Å². The Bertz CT molecular complexity index is 504. The first-order valence-corrected chi connectivity index (χ1v) is 7.54. The average molecular weight is 318 g/mol. The Balaban J connectivity index is 3.51. The molecule has 0 heterocycles. The summed E-state index contributed by atoms with van der Waals surface area (Å²) in [7, 11) is 0. The Hall–Kier alpha value is -1.23. The van der Waals surface area contributed by atoms with Gasteiger partial charge in [0.15, 0.2) is 5.60 Å². The van der Waals surface area contributed by atoms with Gasteiger partial charge in [-0.05, 0) is 36.0 Å². The Morgan fingerprint density at radius 3 is 2.09 bits per heavy atom. The number of halogens is 3. The van der Waals surface area contributed by atoms with Gasteiger partial charge in [-0.2, -0.15) is 13.2 Å². The third-order valence-electron chi connectivity index (χ3n) is 3.73. The van der Waals surface area contributed by atoms with Crippen molar-refractivity contribution in [3.8, 4) is 5.75 Å². The van der Waals surface area contributed by atoms with E-state index in [0.717, 1.165) is 5.56 Å². The number of hydrogen-bond acceptors (Lipinski definition) is 2. The number of hydrogen-bond donors (Lipinski definition) is 1. The summed E-state index contributed by atoms with van der Waals surface area (Å²) >= 11 is 0. The molecule has 0 aromatic heterocycles. The molecule has 1 N–H and O–H groups in total. The normalized spacial score (nSPS) is 15.5. The zero-order valence-electron chi connectivity index (χ0n) is 13.8. The molecule has 0 aliphatic carbocycles. The summed E-state index contributed by atoms with van der Waals surface area (Å²) < 4.78 is 45.7. The van der Waals surface area contributed by atoms with Crippen LogP contribution >= 0.6 is 0 Å². The highest BCUT2D eigenvalue weighted by molar-refractivity contribution is 5.44. The number of aliphatic hydroxyl groups is 1. The predicted molar refractivity (Wildman–Crippen MR) is 81.2 cm³/mol. The summed E-state index contributed by atoms with van der Waals surface area (Å²) in [5.74, 6) is 0.0940. The van der Waals surface area contributed by atoms with Gasteiger partial charge in [0.2, 0.25) is 0 Å². The van der Waals surface area contributed by atoms with E-state index >= 15 is 0 Å². The van der Waals surface area contributed by atoms with Crippen LogP contribution in [0.15, 0.2) is 18.2 Å². The Morgan fingerprint density at radius 2 is 1.68 bits per heavy atom. The van der Waals surface area contributed by atoms with Crippen molar-refractivity contribution in [3.63, 3.8) is 0 Å². The topological polar surface area (TPSA) is 29.5 Å². The summed E-state index contributed by atoms with van der Waals surface area (Å²) in [4.78, 5) is 0. The molecular weight excluding hydrogens is 293 g/mol. The van der Waals surface area contributed by atoms with Gasteiger partial charge in [-0.1, -0.05) is 40.7 Å². The van der Waals surface area contributed by atoms with Gasteiger partial charge in [0.25, 0.3) is 0 Å². The van der Waals surface area contributed by atoms with Gasteiger partial charge in [-0.3, -0.25) is 0 Å². The maximum atomic E-state index is 13.4. The van der Waals surface area contributed by atoms with Crippen LogP contribution in [0, 0.1) is 0 Å². The Morgan fingerprint density at radius 1 is 1.09 bits per heavy atom. The number of ether oxygens (including phenoxy) is 1. The molecule has 22 heavy (non-hydrogen) atoms. The van der Waals surface area contributed by atoms with Gasteiger partial charge < -0.3 is 9.84 Å². The lowest BCUT2D eigenvalue weighted by Gasteiger charge is -2.32. The fraction of sp³-hybridized carbons (Fsp3) is 0.647. The fourth-order valence-corrected chi connectivity index (χ4v) is 2.20. The average Bonchev–Trinajstić information content (AvgIpc) is 2.41. The first-order valence-electron chi connectivity index (χ1n) is 7.54. The van der Waals surface area contributed by atoms with E-state index in [-0.39, 0.29) is 16.7 Å². The first-order chi connectivity index (χ1) is 9.97. The molecule has 1 atom stereocenters. The summed E-state index contributed by atoms with van der Waals surface area (Å²) in [5.41, 5.74) is -2.71. The molecule has 0 bridgehead atoms. The monoisotopic (exact) mass is 318 g/mol. The summed E-state index contributed by atoms with van der Waals surface area (Å²) in [5, 5.41) is 10.3. The van der Waals surface area contributed by atoms with Crippen LogP contribution in [0.2, 0.25) is 0 Å². The molecule has 0 aliphatic rings. The molecule has 0 fully saturated rings. The number of alkyl halides is 3. The molecule has 1 aromatic carbocycles. The molecule has 0 spiro atoms. The molecule has 126 valence electrons. The van der Waals surface area contributed by atoms with Crippen LogP contribution in [0.25, 0.3) is 0 Å². The molecule has 0 amide bonds. The third-order valence-corrected chi connectivity index (χ3v) is 3.73. The lowest BCUT2D eigenvalue weighted by atomic mass is 9.82. The molecule has 1 aromatic rings. The van der Waals surface area contributed by atoms with Gasteiger partial charge in [-0.25, -0.2) is 0 Å². The lowest BCUT2D eigenvalue weighted by Crippen LogP contribution is -2.42. The Labute approximate surface area is 130 Å². The maximum Gasteiger partial charge on any atom is 0.421 e. The number of benzene rings is 1. The van der Waals surface area contributed by atoms with E-state index < -0.39 is 18.2 Å². The zero-order chi connectivity index (χ0) is 17.2. The van der Waals surface area contributed by atoms with Gasteiger partial charge >= 0.3 is 6.18 Å². The fourth-order valence-electron chi connectivity index (χ4n) is 2.20. The highest BCUT2D eigenvalue weighted by atomic mass is 19.4. The van der Waals surface area contributed by atoms with Gasteiger partial charge in [0.1, 0.15) is 5.75 Å². The predicted octanol–water partition coefficient (Wildman–Crippen LogP) is 4.93. The van der Waals surface area contributed by atoms with E-state index in [1.54, 1.807) is 6.07 Å². The van der Waals surface area contributed by atoms with Crippen LogP contribution in [0.1, 0.15) is 58.6 Å². The van der Waals surface area contributed by atoms with Crippen molar-refractivity contribution in [2.45, 2.75) is 64.7 Å². The van der Waals surface area contributed by atoms with Crippen LogP contribution in [-0.4, -0.2) is 17.9 Å². The van der Waals surface area contributed by atoms with Gasteiger partial charge in [0, 0.05) is 5.56 Å². The summed E-state index contributed by atoms with van der Waals surface area (Å²) in [6.07, 6.45) is -4.55. The van der Waals surface area contributed by atoms with E-state index in [9.17, 15) is 18.3 Å². The van der Waals surface area contributed by atoms with Crippen LogP contribution in [0.3, 0.4) is 0 Å². The Kier molecular flexibility index (Phi) is 5.55. The van der Waals surface area contributed by atoms with Crippen molar-refractivity contribution in [1.29, 1.82) is 0 Å². The second-order valence-electron chi connectivity index (χ2n) is 6.52. The van der Waals surface area contributed by atoms with Crippen LogP contribution in [-0.2, 0) is 11.0 Å². The minimum absolute atomic E-state index is 0.0940. The van der Waals surface area contributed by atoms with E-state index in [4.69, 9.17) is 4.74 Å². The van der Waals surface area contributed by atoms with Crippen molar-refractivity contribution < 1.29 is 23.0 Å². The smallest absolute Gasteiger partial charge is 0.421 e. The summed E-state index contributed by atoms with van der Waals surface area (Å²) in [6, 6.07) is 4.70. The number of rotatable bonds is 5. The van der Waals surface area contributed by atoms with Gasteiger partial charge in [-0.15, -0.1) is 0 Å². The molecular formula is C17H25F3O2. The molecule has 0 saturated heterocycles. The minimum atomic E-state index is -4.76. The molecule has 1 rings (SSSR count). The van der Waals surface area contributed by atoms with E-state index in [0.29, 0.717) is 13.0 Å². The molecule has 0 aliphatic heterocycles. The largest absolute Gasteiger partial charge is 0.493 e. The highest BCUT2D eigenvalue weighted by Crippen LogP contribution is 2.46. The maximum absolute atomic E-state index is 13.4. The molecule has 2 nitrogen and oxygen atoms in total. The molecule has 0 saturated carbocycles. The lowest BCUT2D eigenvalue weighted by molar-refractivity contribution is -0.268. The van der Waals surface area contributed by atoms with Gasteiger partial charge in [0.05, 0.1) is 6.61 Å². The zero-order valence-corrected chi connectivity index (χ0v) is 13.8. The SMILES string of the molecule is CCCOc1ccc(C(C)(C)C)cc1C(O)(CC)C(F)(F)F.